The van der Waals surface area contributed by atoms with E-state index in [4.69, 9.17) is 14.2 Å². The molecule has 7 nitrogen and oxygen atoms in total. The van der Waals surface area contributed by atoms with Crippen LogP contribution < -0.4 is 18.9 Å². The van der Waals surface area contributed by atoms with Crippen molar-refractivity contribution in [3.05, 3.63) is 82.9 Å². The molecule has 1 heterocycles. The Morgan fingerprint density at radius 1 is 1.00 bits per heavy atom. The molecule has 1 aliphatic heterocycles. The van der Waals surface area contributed by atoms with Gasteiger partial charge in [-0.25, -0.2) is 13.1 Å². The van der Waals surface area contributed by atoms with Crippen LogP contribution in [-0.2, 0) is 26.6 Å². The van der Waals surface area contributed by atoms with Crippen LogP contribution in [0.3, 0.4) is 0 Å². The molecule has 1 unspecified atom stereocenters. The molecule has 37 heavy (non-hydrogen) atoms. The molecule has 4 rings (SSSR count). The number of halogens is 1. The summed E-state index contributed by atoms with van der Waals surface area (Å²) < 4.78 is 45.6. The fourth-order valence-corrected chi connectivity index (χ4v) is 5.38. The Bertz CT molecular complexity index is 1370. The van der Waals surface area contributed by atoms with Crippen LogP contribution in [0, 0.1) is 0 Å². The predicted molar refractivity (Wildman–Crippen MR) is 145 cm³/mol. The highest BCUT2D eigenvalue weighted by Crippen LogP contribution is 2.36. The molecular formula is C28H30BrNO6S. The number of aryl methyl sites for hydroxylation is 1. The van der Waals surface area contributed by atoms with Crippen LogP contribution >= 0.6 is 15.9 Å². The number of carbonyl (C=O) groups excluding carboxylic acids is 1. The van der Waals surface area contributed by atoms with Crippen LogP contribution in [0.4, 0.5) is 0 Å². The van der Waals surface area contributed by atoms with E-state index in [0.29, 0.717) is 28.1 Å². The van der Waals surface area contributed by atoms with Gasteiger partial charge in [-0.1, -0.05) is 73.5 Å². The van der Waals surface area contributed by atoms with E-state index in [0.717, 1.165) is 29.5 Å². The van der Waals surface area contributed by atoms with E-state index in [1.165, 1.54) is 12.1 Å². The maximum absolute atomic E-state index is 13.5. The SMILES string of the molecule is CCCc1cc(CBr)ccc1OC(C(=O)NS(=O)(=O)c1ccc(C(C)C)cc1)c1ccc2c(c1)OCO2. The smallest absolute Gasteiger partial charge is 0.279 e. The molecule has 0 spiro atoms. The van der Waals surface area contributed by atoms with Gasteiger partial charge in [0.1, 0.15) is 5.75 Å². The highest BCUT2D eigenvalue weighted by Gasteiger charge is 2.30. The Morgan fingerprint density at radius 3 is 2.38 bits per heavy atom. The number of amides is 1. The Balaban J connectivity index is 1.67. The molecule has 9 heteroatoms. The Labute approximate surface area is 226 Å². The summed E-state index contributed by atoms with van der Waals surface area (Å²) in [7, 11) is -4.13. The lowest BCUT2D eigenvalue weighted by Crippen LogP contribution is -2.37. The lowest BCUT2D eigenvalue weighted by atomic mass is 10.0. The highest BCUT2D eigenvalue weighted by molar-refractivity contribution is 9.08. The van der Waals surface area contributed by atoms with Crippen molar-refractivity contribution in [3.63, 3.8) is 0 Å². The number of carbonyl (C=O) groups is 1. The summed E-state index contributed by atoms with van der Waals surface area (Å²) in [6.45, 7) is 6.18. The molecule has 0 saturated heterocycles. The Kier molecular flexibility index (Phi) is 8.44. The van der Waals surface area contributed by atoms with Gasteiger partial charge in [0, 0.05) is 10.9 Å². The second-order valence-corrected chi connectivity index (χ2v) is 11.4. The van der Waals surface area contributed by atoms with Crippen LogP contribution in [0.25, 0.3) is 0 Å². The minimum atomic E-state index is -4.13. The van der Waals surface area contributed by atoms with E-state index in [1.807, 2.05) is 32.0 Å². The summed E-state index contributed by atoms with van der Waals surface area (Å²) in [5.41, 5.74) is 3.46. The third-order valence-electron chi connectivity index (χ3n) is 6.07. The Hall–Kier alpha value is -3.04. The van der Waals surface area contributed by atoms with Crippen molar-refractivity contribution in [2.75, 3.05) is 6.79 Å². The number of sulfonamides is 1. The Morgan fingerprint density at radius 2 is 1.70 bits per heavy atom. The van der Waals surface area contributed by atoms with Gasteiger partial charge in [-0.15, -0.1) is 0 Å². The van der Waals surface area contributed by atoms with Crippen molar-refractivity contribution in [2.24, 2.45) is 0 Å². The first-order valence-corrected chi connectivity index (χ1v) is 14.7. The van der Waals surface area contributed by atoms with Gasteiger partial charge in [0.2, 0.25) is 12.9 Å². The van der Waals surface area contributed by atoms with Crippen LogP contribution in [-0.4, -0.2) is 21.1 Å². The van der Waals surface area contributed by atoms with Crippen molar-refractivity contribution >= 4 is 31.9 Å². The van der Waals surface area contributed by atoms with Gasteiger partial charge in [0.25, 0.3) is 15.9 Å². The molecule has 0 radical (unpaired) electrons. The van der Waals surface area contributed by atoms with Crippen molar-refractivity contribution < 1.29 is 27.4 Å². The molecular weight excluding hydrogens is 558 g/mol. The zero-order chi connectivity index (χ0) is 26.6. The number of alkyl halides is 1. The maximum Gasteiger partial charge on any atom is 0.279 e. The van der Waals surface area contributed by atoms with Crippen molar-refractivity contribution in [3.8, 4) is 17.2 Å². The molecule has 3 aromatic carbocycles. The van der Waals surface area contributed by atoms with E-state index in [-0.39, 0.29) is 17.6 Å². The number of rotatable bonds is 10. The van der Waals surface area contributed by atoms with Gasteiger partial charge in [-0.2, -0.15) is 0 Å². The van der Waals surface area contributed by atoms with Gasteiger partial charge in [0.15, 0.2) is 11.5 Å². The van der Waals surface area contributed by atoms with Gasteiger partial charge in [0.05, 0.1) is 4.90 Å². The third-order valence-corrected chi connectivity index (χ3v) is 8.08. The summed E-state index contributed by atoms with van der Waals surface area (Å²) in [4.78, 5) is 13.5. The van der Waals surface area contributed by atoms with Crippen molar-refractivity contribution in [1.29, 1.82) is 0 Å². The molecule has 0 saturated carbocycles. The molecule has 1 amide bonds. The predicted octanol–water partition coefficient (Wildman–Crippen LogP) is 6.01. The zero-order valence-corrected chi connectivity index (χ0v) is 23.4. The summed E-state index contributed by atoms with van der Waals surface area (Å²) in [6, 6.07) is 17.2. The molecule has 1 aliphatic rings. The van der Waals surface area contributed by atoms with E-state index in [9.17, 15) is 13.2 Å². The van der Waals surface area contributed by atoms with E-state index < -0.39 is 22.0 Å². The molecule has 0 fully saturated rings. The molecule has 1 N–H and O–H groups in total. The number of ether oxygens (including phenoxy) is 3. The average Bonchev–Trinajstić information content (AvgIpc) is 3.35. The summed E-state index contributed by atoms with van der Waals surface area (Å²) in [6.07, 6.45) is 0.375. The molecule has 0 aliphatic carbocycles. The minimum absolute atomic E-state index is 0.00281. The first-order valence-electron chi connectivity index (χ1n) is 12.1. The number of benzene rings is 3. The number of hydrogen-bond acceptors (Lipinski definition) is 6. The van der Waals surface area contributed by atoms with Gasteiger partial charge in [-0.05, 0) is 59.4 Å². The maximum atomic E-state index is 13.5. The van der Waals surface area contributed by atoms with Crippen molar-refractivity contribution in [2.45, 2.75) is 55.9 Å². The quantitative estimate of drug-likeness (QED) is 0.292. The summed E-state index contributed by atoms with van der Waals surface area (Å²) >= 11 is 3.48. The molecule has 0 aromatic heterocycles. The fraction of sp³-hybridized carbons (Fsp3) is 0.321. The van der Waals surface area contributed by atoms with E-state index in [1.54, 1.807) is 30.3 Å². The molecule has 196 valence electrons. The zero-order valence-electron chi connectivity index (χ0n) is 21.0. The second-order valence-electron chi connectivity index (χ2n) is 9.13. The molecule has 0 bridgehead atoms. The van der Waals surface area contributed by atoms with Gasteiger partial charge >= 0.3 is 0 Å². The van der Waals surface area contributed by atoms with Gasteiger partial charge in [-0.3, -0.25) is 4.79 Å². The number of fused-ring (bicyclic) bond motifs is 1. The van der Waals surface area contributed by atoms with E-state index >= 15 is 0 Å². The fourth-order valence-electron chi connectivity index (χ4n) is 4.05. The highest BCUT2D eigenvalue weighted by atomic mass is 79.9. The average molecular weight is 589 g/mol. The third kappa shape index (κ3) is 6.27. The molecule has 3 aromatic rings. The lowest BCUT2D eigenvalue weighted by Gasteiger charge is -2.22. The van der Waals surface area contributed by atoms with Gasteiger partial charge < -0.3 is 14.2 Å². The second kappa shape index (κ2) is 11.6. The largest absolute Gasteiger partial charge is 0.475 e. The van der Waals surface area contributed by atoms with Crippen LogP contribution in [0.1, 0.15) is 61.5 Å². The van der Waals surface area contributed by atoms with Crippen LogP contribution in [0.15, 0.2) is 65.6 Å². The topological polar surface area (TPSA) is 90.9 Å². The van der Waals surface area contributed by atoms with Crippen molar-refractivity contribution in [1.82, 2.24) is 4.72 Å². The summed E-state index contributed by atoms with van der Waals surface area (Å²) in [5.74, 6) is 0.980. The molecule has 1 atom stereocenters. The standard InChI is InChI=1S/C28H30BrNO6S/c1-4-5-21-14-19(16-29)6-12-24(21)36-27(22-9-13-25-26(15-22)35-17-34-25)28(31)30-37(32,33)23-10-7-20(8-11-23)18(2)3/h6-15,18,27H,4-5,16-17H2,1-3H3,(H,30,31). The normalized spacial score (nSPS) is 13.4. The lowest BCUT2D eigenvalue weighted by molar-refractivity contribution is -0.126. The number of nitrogens with one attached hydrogen (secondary N) is 1. The monoisotopic (exact) mass is 587 g/mol. The van der Waals surface area contributed by atoms with E-state index in [2.05, 4.69) is 27.6 Å². The van der Waals surface area contributed by atoms with Crippen LogP contribution in [0.2, 0.25) is 0 Å². The first kappa shape index (κ1) is 27.0. The summed E-state index contributed by atoms with van der Waals surface area (Å²) in [5, 5.41) is 0.684. The number of hydrogen-bond donors (Lipinski definition) is 1. The minimum Gasteiger partial charge on any atom is -0.475 e. The van der Waals surface area contributed by atoms with Crippen LogP contribution in [0.5, 0.6) is 17.2 Å². The first-order chi connectivity index (χ1) is 17.7.